The van der Waals surface area contributed by atoms with E-state index >= 15 is 0 Å². The van der Waals surface area contributed by atoms with Crippen molar-refractivity contribution < 1.29 is 4.79 Å². The number of rotatable bonds is 3. The second-order valence-electron chi connectivity index (χ2n) is 5.40. The van der Waals surface area contributed by atoms with Crippen molar-refractivity contribution in [1.29, 1.82) is 0 Å². The van der Waals surface area contributed by atoms with Crippen LogP contribution in [0.3, 0.4) is 0 Å². The molecular weight excluding hydrogens is 220 g/mol. The van der Waals surface area contributed by atoms with E-state index in [0.29, 0.717) is 11.4 Å². The van der Waals surface area contributed by atoms with Gasteiger partial charge in [-0.2, -0.15) is 0 Å². The molecule has 0 aliphatic rings. The van der Waals surface area contributed by atoms with Crippen molar-refractivity contribution in [3.05, 3.63) is 34.3 Å². The molecule has 88 valence electrons. The summed E-state index contributed by atoms with van der Waals surface area (Å²) >= 11 is 6.00. The Bertz CT molecular complexity index is 388. The van der Waals surface area contributed by atoms with Gasteiger partial charge in [0.2, 0.25) is 0 Å². The van der Waals surface area contributed by atoms with Crippen LogP contribution in [0.2, 0.25) is 5.02 Å². The summed E-state index contributed by atoms with van der Waals surface area (Å²) < 4.78 is 0. The number of carbonyl (C=O) groups excluding carboxylic acids is 1. The second-order valence-corrected chi connectivity index (χ2v) is 5.80. The lowest BCUT2D eigenvalue weighted by Crippen LogP contribution is -2.10. The van der Waals surface area contributed by atoms with Gasteiger partial charge in [-0.3, -0.25) is 4.79 Å². The van der Waals surface area contributed by atoms with Gasteiger partial charge in [0.1, 0.15) is 0 Å². The zero-order valence-corrected chi connectivity index (χ0v) is 11.2. The van der Waals surface area contributed by atoms with Crippen molar-refractivity contribution >= 4 is 17.4 Å². The van der Waals surface area contributed by atoms with Crippen LogP contribution in [-0.4, -0.2) is 5.78 Å². The second kappa shape index (κ2) is 5.01. The van der Waals surface area contributed by atoms with Gasteiger partial charge in [-0.05, 0) is 30.4 Å². The van der Waals surface area contributed by atoms with E-state index in [1.54, 1.807) is 0 Å². The first-order valence-electron chi connectivity index (χ1n) is 5.59. The molecule has 1 aromatic rings. The lowest BCUT2D eigenvalue weighted by atomic mass is 9.88. The maximum Gasteiger partial charge on any atom is 0.163 e. The predicted octanol–water partition coefficient (Wildman–Crippen LogP) is 4.66. The molecule has 0 fully saturated rings. The van der Waals surface area contributed by atoms with Gasteiger partial charge in [0.05, 0.1) is 0 Å². The fourth-order valence-corrected chi connectivity index (χ4v) is 1.71. The largest absolute Gasteiger partial charge is 0.294 e. The van der Waals surface area contributed by atoms with Crippen LogP contribution < -0.4 is 0 Å². The number of benzene rings is 1. The molecule has 0 N–H and O–H groups in total. The Morgan fingerprint density at radius 2 is 1.94 bits per heavy atom. The summed E-state index contributed by atoms with van der Waals surface area (Å²) in [6.07, 6.45) is 1.49. The average molecular weight is 239 g/mol. The monoisotopic (exact) mass is 238 g/mol. The van der Waals surface area contributed by atoms with E-state index in [1.165, 1.54) is 0 Å². The van der Waals surface area contributed by atoms with Gasteiger partial charge in [-0.15, -0.1) is 0 Å². The van der Waals surface area contributed by atoms with Crippen LogP contribution in [-0.2, 0) is 0 Å². The van der Waals surface area contributed by atoms with E-state index < -0.39 is 0 Å². The zero-order valence-electron chi connectivity index (χ0n) is 10.4. The van der Waals surface area contributed by atoms with Crippen molar-refractivity contribution in [2.24, 2.45) is 5.41 Å². The summed E-state index contributed by atoms with van der Waals surface area (Å²) in [6, 6.07) is 5.50. The van der Waals surface area contributed by atoms with E-state index in [1.807, 2.05) is 25.1 Å². The number of ketones is 1. The Morgan fingerprint density at radius 1 is 1.31 bits per heavy atom. The molecule has 16 heavy (non-hydrogen) atoms. The molecule has 0 amide bonds. The van der Waals surface area contributed by atoms with Gasteiger partial charge in [-0.1, -0.05) is 44.5 Å². The number of halogens is 1. The summed E-state index contributed by atoms with van der Waals surface area (Å²) in [7, 11) is 0. The van der Waals surface area contributed by atoms with Crippen LogP contribution in [0.4, 0.5) is 0 Å². The maximum atomic E-state index is 12.0. The standard InChI is InChI=1S/C14H19ClO/c1-10-11(6-5-7-12(10)15)13(16)8-9-14(2,3)4/h5-7H,8-9H2,1-4H3. The summed E-state index contributed by atoms with van der Waals surface area (Å²) in [5.41, 5.74) is 1.85. The van der Waals surface area contributed by atoms with Crippen molar-refractivity contribution in [3.63, 3.8) is 0 Å². The van der Waals surface area contributed by atoms with Crippen LogP contribution in [0.1, 0.15) is 49.5 Å². The molecule has 1 nitrogen and oxygen atoms in total. The maximum absolute atomic E-state index is 12.0. The number of Topliss-reactive ketones (excluding diaryl/α,β-unsaturated/α-hetero) is 1. The number of hydrogen-bond acceptors (Lipinski definition) is 1. The van der Waals surface area contributed by atoms with Crippen molar-refractivity contribution in [2.75, 3.05) is 0 Å². The number of hydrogen-bond donors (Lipinski definition) is 0. The van der Waals surface area contributed by atoms with E-state index in [0.717, 1.165) is 17.5 Å². The van der Waals surface area contributed by atoms with E-state index in [2.05, 4.69) is 20.8 Å². The Labute approximate surface area is 103 Å². The first-order valence-corrected chi connectivity index (χ1v) is 5.97. The molecule has 0 saturated carbocycles. The molecule has 2 heteroatoms. The Balaban J connectivity index is 2.78. The topological polar surface area (TPSA) is 17.1 Å². The smallest absolute Gasteiger partial charge is 0.163 e. The Hall–Kier alpha value is -0.820. The van der Waals surface area contributed by atoms with Gasteiger partial charge >= 0.3 is 0 Å². The highest BCUT2D eigenvalue weighted by Crippen LogP contribution is 2.24. The van der Waals surface area contributed by atoms with Crippen LogP contribution >= 0.6 is 11.6 Å². The van der Waals surface area contributed by atoms with Gasteiger partial charge in [0, 0.05) is 17.0 Å². The molecule has 0 aliphatic carbocycles. The molecule has 0 radical (unpaired) electrons. The first-order chi connectivity index (χ1) is 7.31. The lowest BCUT2D eigenvalue weighted by Gasteiger charge is -2.17. The fraction of sp³-hybridized carbons (Fsp3) is 0.500. The summed E-state index contributed by atoms with van der Waals surface area (Å²) in [5.74, 6) is 0.190. The third kappa shape index (κ3) is 3.64. The SMILES string of the molecule is Cc1c(Cl)cccc1C(=O)CCC(C)(C)C. The highest BCUT2D eigenvalue weighted by molar-refractivity contribution is 6.31. The summed E-state index contributed by atoms with van der Waals surface area (Å²) in [6.45, 7) is 8.33. The van der Waals surface area contributed by atoms with Crippen molar-refractivity contribution in [3.8, 4) is 0 Å². The number of carbonyl (C=O) groups is 1. The van der Waals surface area contributed by atoms with Crippen molar-refractivity contribution in [1.82, 2.24) is 0 Å². The molecule has 1 rings (SSSR count). The zero-order chi connectivity index (χ0) is 12.3. The molecule has 0 unspecified atom stereocenters. The van der Waals surface area contributed by atoms with Gasteiger partial charge in [0.15, 0.2) is 5.78 Å². The molecule has 0 bridgehead atoms. The van der Waals surface area contributed by atoms with E-state index in [4.69, 9.17) is 11.6 Å². The molecule has 0 aromatic heterocycles. The molecule has 0 heterocycles. The molecule has 0 saturated heterocycles. The molecule has 0 spiro atoms. The molecule has 0 atom stereocenters. The van der Waals surface area contributed by atoms with E-state index in [9.17, 15) is 4.79 Å². The van der Waals surface area contributed by atoms with Crippen LogP contribution in [0.25, 0.3) is 0 Å². The lowest BCUT2D eigenvalue weighted by molar-refractivity contribution is 0.0965. The normalized spacial score (nSPS) is 11.6. The minimum Gasteiger partial charge on any atom is -0.294 e. The van der Waals surface area contributed by atoms with Gasteiger partial charge in [-0.25, -0.2) is 0 Å². The van der Waals surface area contributed by atoms with E-state index in [-0.39, 0.29) is 11.2 Å². The summed E-state index contributed by atoms with van der Waals surface area (Å²) in [4.78, 5) is 12.0. The third-order valence-electron chi connectivity index (χ3n) is 2.67. The first kappa shape index (κ1) is 13.2. The molecule has 1 aromatic carbocycles. The molecular formula is C14H19ClO. The van der Waals surface area contributed by atoms with Crippen LogP contribution in [0, 0.1) is 12.3 Å². The quantitative estimate of drug-likeness (QED) is 0.700. The highest BCUT2D eigenvalue weighted by Gasteiger charge is 2.15. The average Bonchev–Trinajstić information content (AvgIpc) is 2.17. The summed E-state index contributed by atoms with van der Waals surface area (Å²) in [5, 5.41) is 0.668. The van der Waals surface area contributed by atoms with Crippen LogP contribution in [0.5, 0.6) is 0 Å². The fourth-order valence-electron chi connectivity index (χ4n) is 1.53. The highest BCUT2D eigenvalue weighted by atomic mass is 35.5. The predicted molar refractivity (Wildman–Crippen MR) is 69.2 cm³/mol. The Morgan fingerprint density at radius 3 is 2.50 bits per heavy atom. The minimum absolute atomic E-state index is 0.190. The third-order valence-corrected chi connectivity index (χ3v) is 3.08. The van der Waals surface area contributed by atoms with Crippen molar-refractivity contribution in [2.45, 2.75) is 40.5 Å². The molecule has 0 aliphatic heterocycles. The van der Waals surface area contributed by atoms with Crippen LogP contribution in [0.15, 0.2) is 18.2 Å². The van der Waals surface area contributed by atoms with Gasteiger partial charge < -0.3 is 0 Å². The minimum atomic E-state index is 0.190. The Kier molecular flexibility index (Phi) is 4.15. The van der Waals surface area contributed by atoms with Gasteiger partial charge in [0.25, 0.3) is 0 Å².